The molecule has 0 atom stereocenters. The number of ether oxygens (including phenoxy) is 4. The molecule has 4 heteroatoms. The molecule has 0 spiro atoms. The van der Waals surface area contributed by atoms with Crippen molar-refractivity contribution in [3.63, 3.8) is 0 Å². The van der Waals surface area contributed by atoms with Crippen LogP contribution in [0.15, 0.2) is 72.8 Å². The van der Waals surface area contributed by atoms with Crippen molar-refractivity contribution in [2.24, 2.45) is 10.8 Å². The molecule has 198 valence electrons. The van der Waals surface area contributed by atoms with E-state index >= 15 is 0 Å². The van der Waals surface area contributed by atoms with Crippen LogP contribution >= 0.6 is 0 Å². The van der Waals surface area contributed by atoms with E-state index in [1.54, 1.807) is 0 Å². The fraction of sp³-hybridized carbons (Fsp3) is 0.353. The smallest absolute Gasteiger partial charge is 0.183 e. The van der Waals surface area contributed by atoms with E-state index in [0.717, 1.165) is 33.4 Å². The molecular weight excluding hydrogens is 472 g/mol. The topological polar surface area (TPSA) is 36.9 Å². The molecule has 2 aliphatic heterocycles. The summed E-state index contributed by atoms with van der Waals surface area (Å²) in [7, 11) is 0. The number of hydrogen-bond acceptors (Lipinski definition) is 4. The molecule has 5 rings (SSSR count). The van der Waals surface area contributed by atoms with Gasteiger partial charge in [-0.3, -0.25) is 0 Å². The molecule has 3 aromatic carbocycles. The molecule has 0 unspecified atom stereocenters. The molecule has 2 saturated heterocycles. The maximum Gasteiger partial charge on any atom is 0.183 e. The Hall–Kier alpha value is -3.02. The maximum absolute atomic E-state index is 5.89. The summed E-state index contributed by atoms with van der Waals surface area (Å²) < 4.78 is 23.6. The Balaban J connectivity index is 1.13. The molecule has 38 heavy (non-hydrogen) atoms. The fourth-order valence-electron chi connectivity index (χ4n) is 4.40. The SMILES string of the molecule is CC1(C)COC(c2ccc(/C=C/c3ccc(/C=C/c4ccc(C5OCC(C)(C)CO5)cc4)cc3)cc2)OC1. The summed E-state index contributed by atoms with van der Waals surface area (Å²) in [6.45, 7) is 11.5. The summed E-state index contributed by atoms with van der Waals surface area (Å²) in [5.41, 5.74) is 6.88. The van der Waals surface area contributed by atoms with Crippen LogP contribution in [-0.4, -0.2) is 26.4 Å². The normalized spacial score (nSPS) is 20.3. The highest BCUT2D eigenvalue weighted by Crippen LogP contribution is 2.32. The fourth-order valence-corrected chi connectivity index (χ4v) is 4.40. The van der Waals surface area contributed by atoms with E-state index in [1.165, 1.54) is 0 Å². The maximum atomic E-state index is 5.89. The monoisotopic (exact) mass is 510 g/mol. The number of rotatable bonds is 6. The molecule has 2 heterocycles. The first-order chi connectivity index (χ1) is 18.2. The predicted molar refractivity (Wildman–Crippen MR) is 154 cm³/mol. The molecule has 0 bridgehead atoms. The van der Waals surface area contributed by atoms with Gasteiger partial charge in [-0.25, -0.2) is 0 Å². The summed E-state index contributed by atoms with van der Waals surface area (Å²) in [5.74, 6) is 0. The minimum Gasteiger partial charge on any atom is -0.348 e. The third kappa shape index (κ3) is 7.09. The van der Waals surface area contributed by atoms with E-state index in [-0.39, 0.29) is 23.4 Å². The third-order valence-electron chi connectivity index (χ3n) is 6.79. The van der Waals surface area contributed by atoms with Gasteiger partial charge in [0, 0.05) is 22.0 Å². The van der Waals surface area contributed by atoms with Gasteiger partial charge in [-0.2, -0.15) is 0 Å². The molecular formula is C34H38O4. The van der Waals surface area contributed by atoms with Gasteiger partial charge in [0.2, 0.25) is 0 Å². The average molecular weight is 511 g/mol. The van der Waals surface area contributed by atoms with Gasteiger partial charge in [-0.05, 0) is 22.3 Å². The summed E-state index contributed by atoms with van der Waals surface area (Å²) in [5, 5.41) is 0. The lowest BCUT2D eigenvalue weighted by atomic mass is 9.95. The van der Waals surface area contributed by atoms with Crippen molar-refractivity contribution in [3.05, 3.63) is 106 Å². The first kappa shape index (κ1) is 26.6. The van der Waals surface area contributed by atoms with Crippen molar-refractivity contribution in [1.29, 1.82) is 0 Å². The van der Waals surface area contributed by atoms with Gasteiger partial charge in [0.1, 0.15) is 0 Å². The van der Waals surface area contributed by atoms with Gasteiger partial charge in [0.25, 0.3) is 0 Å². The molecule has 3 aromatic rings. The highest BCUT2D eigenvalue weighted by atomic mass is 16.7. The van der Waals surface area contributed by atoms with Crippen LogP contribution in [0.5, 0.6) is 0 Å². The van der Waals surface area contributed by atoms with E-state index in [4.69, 9.17) is 18.9 Å². The Morgan fingerprint density at radius 3 is 0.947 bits per heavy atom. The average Bonchev–Trinajstić information content (AvgIpc) is 2.92. The lowest BCUT2D eigenvalue weighted by molar-refractivity contribution is -0.226. The first-order valence-electron chi connectivity index (χ1n) is 13.4. The van der Waals surface area contributed by atoms with Crippen LogP contribution in [0.1, 0.15) is 73.7 Å². The largest absolute Gasteiger partial charge is 0.348 e. The summed E-state index contributed by atoms with van der Waals surface area (Å²) in [4.78, 5) is 0. The van der Waals surface area contributed by atoms with Crippen LogP contribution in [-0.2, 0) is 18.9 Å². The Bertz CT molecular complexity index is 1130. The third-order valence-corrected chi connectivity index (χ3v) is 6.79. The lowest BCUT2D eigenvalue weighted by Gasteiger charge is -2.34. The van der Waals surface area contributed by atoms with E-state index in [2.05, 4.69) is 125 Å². The highest BCUT2D eigenvalue weighted by molar-refractivity contribution is 5.73. The van der Waals surface area contributed by atoms with Crippen molar-refractivity contribution < 1.29 is 18.9 Å². The molecule has 0 radical (unpaired) electrons. The second-order valence-corrected chi connectivity index (χ2v) is 11.9. The van der Waals surface area contributed by atoms with Gasteiger partial charge in [0.05, 0.1) is 26.4 Å². The van der Waals surface area contributed by atoms with Crippen molar-refractivity contribution in [2.75, 3.05) is 26.4 Å². The lowest BCUT2D eigenvalue weighted by Crippen LogP contribution is -2.33. The van der Waals surface area contributed by atoms with E-state index in [9.17, 15) is 0 Å². The van der Waals surface area contributed by atoms with E-state index in [1.807, 2.05) is 0 Å². The van der Waals surface area contributed by atoms with Crippen LogP contribution in [0.3, 0.4) is 0 Å². The summed E-state index contributed by atoms with van der Waals surface area (Å²) >= 11 is 0. The van der Waals surface area contributed by atoms with Crippen LogP contribution < -0.4 is 0 Å². The summed E-state index contributed by atoms with van der Waals surface area (Å²) in [6.07, 6.45) is 7.98. The number of benzene rings is 3. The molecule has 0 saturated carbocycles. The Morgan fingerprint density at radius 1 is 0.447 bits per heavy atom. The van der Waals surface area contributed by atoms with Crippen molar-refractivity contribution in [3.8, 4) is 0 Å². The van der Waals surface area contributed by atoms with Crippen molar-refractivity contribution in [1.82, 2.24) is 0 Å². The van der Waals surface area contributed by atoms with E-state index < -0.39 is 0 Å². The van der Waals surface area contributed by atoms with Crippen molar-refractivity contribution >= 4 is 24.3 Å². The highest BCUT2D eigenvalue weighted by Gasteiger charge is 2.30. The van der Waals surface area contributed by atoms with Crippen molar-refractivity contribution in [2.45, 2.75) is 40.3 Å². The Kier molecular flexibility index (Phi) is 7.96. The quantitative estimate of drug-likeness (QED) is 0.313. The van der Waals surface area contributed by atoms with Gasteiger partial charge in [-0.15, -0.1) is 0 Å². The molecule has 2 fully saturated rings. The van der Waals surface area contributed by atoms with Gasteiger partial charge < -0.3 is 18.9 Å². The predicted octanol–water partition coefficient (Wildman–Crippen LogP) is 8.17. The minimum absolute atomic E-state index is 0.0774. The van der Waals surface area contributed by atoms with Gasteiger partial charge in [0.15, 0.2) is 12.6 Å². The molecule has 2 aliphatic rings. The molecule has 0 amide bonds. The second-order valence-electron chi connectivity index (χ2n) is 11.9. The second kappa shape index (κ2) is 11.4. The van der Waals surface area contributed by atoms with Gasteiger partial charge >= 0.3 is 0 Å². The molecule has 4 nitrogen and oxygen atoms in total. The molecule has 0 N–H and O–H groups in total. The van der Waals surface area contributed by atoms with Gasteiger partial charge in [-0.1, -0.05) is 125 Å². The standard InChI is InChI=1S/C34H38O4/c1-33(2)21-35-31(36-22-33)29-17-13-27(14-18-29)11-9-25-5-7-26(8-6-25)10-12-28-15-19-30(20-16-28)32-37-23-34(3,4)24-38-32/h5-20,31-32H,21-24H2,1-4H3/b11-9+,12-10+. The zero-order chi connectivity index (χ0) is 26.6. The zero-order valence-corrected chi connectivity index (χ0v) is 22.9. The number of hydrogen-bond donors (Lipinski definition) is 0. The van der Waals surface area contributed by atoms with Crippen LogP contribution in [0.2, 0.25) is 0 Å². The first-order valence-corrected chi connectivity index (χ1v) is 13.4. The Labute approximate surface area is 226 Å². The molecule has 0 aromatic heterocycles. The van der Waals surface area contributed by atoms with Crippen LogP contribution in [0, 0.1) is 10.8 Å². The molecule has 0 aliphatic carbocycles. The summed E-state index contributed by atoms with van der Waals surface area (Å²) in [6, 6.07) is 25.3. The Morgan fingerprint density at radius 2 is 0.684 bits per heavy atom. The van der Waals surface area contributed by atoms with E-state index in [0.29, 0.717) is 26.4 Å². The van der Waals surface area contributed by atoms with Crippen LogP contribution in [0.4, 0.5) is 0 Å². The minimum atomic E-state index is -0.271. The zero-order valence-electron chi connectivity index (χ0n) is 22.9. The van der Waals surface area contributed by atoms with Crippen LogP contribution in [0.25, 0.3) is 24.3 Å².